The maximum atomic E-state index is 13.2. The molecule has 1 unspecified atom stereocenters. The molecule has 1 aliphatic heterocycles. The highest BCUT2D eigenvalue weighted by Crippen LogP contribution is 2.31. The van der Waals surface area contributed by atoms with Gasteiger partial charge in [-0.25, -0.2) is 4.79 Å². The maximum Gasteiger partial charge on any atom is 0.317 e. The average Bonchev–Trinajstić information content (AvgIpc) is 3.27. The van der Waals surface area contributed by atoms with Crippen LogP contribution in [0.1, 0.15) is 25.7 Å². The normalized spacial score (nSPS) is 18.9. The van der Waals surface area contributed by atoms with E-state index >= 15 is 0 Å². The zero-order chi connectivity index (χ0) is 20.6. The quantitative estimate of drug-likeness (QED) is 0.690. The van der Waals surface area contributed by atoms with Gasteiger partial charge in [-0.2, -0.15) is 0 Å². The monoisotopic (exact) mass is 400 g/mol. The molecule has 0 radical (unpaired) electrons. The van der Waals surface area contributed by atoms with E-state index in [-0.39, 0.29) is 18.0 Å². The van der Waals surface area contributed by atoms with E-state index in [0.29, 0.717) is 38.6 Å². The van der Waals surface area contributed by atoms with Crippen molar-refractivity contribution in [2.75, 3.05) is 45.2 Å². The van der Waals surface area contributed by atoms with Crippen LogP contribution < -0.4 is 15.4 Å². The van der Waals surface area contributed by atoms with Crippen molar-refractivity contribution in [1.82, 2.24) is 15.1 Å². The van der Waals surface area contributed by atoms with Crippen LogP contribution in [0, 0.1) is 5.92 Å². The Morgan fingerprint density at radius 2 is 1.83 bits per heavy atom. The fourth-order valence-electron chi connectivity index (χ4n) is 4.32. The highest BCUT2D eigenvalue weighted by Gasteiger charge is 2.37. The Balaban J connectivity index is 1.63. The second-order valence-electron chi connectivity index (χ2n) is 7.70. The summed E-state index contributed by atoms with van der Waals surface area (Å²) in [5, 5.41) is 5.92. The minimum Gasteiger partial charge on any atom is -0.497 e. The standard InChI is InChI=1S/C22H32N4O3/c1-3-12-23-22(28)26-15-13-25(14-16-26)20(17-6-4-5-7-17)21(27)24-18-8-10-19(29-2)11-9-18/h3,8-11,17,20H,1,4-7,12-16H2,2H3,(H,23,28)(H,24,27). The van der Waals surface area contributed by atoms with Crippen molar-refractivity contribution in [2.24, 2.45) is 5.92 Å². The van der Waals surface area contributed by atoms with E-state index in [0.717, 1.165) is 24.3 Å². The average molecular weight is 401 g/mol. The predicted octanol–water partition coefficient (Wildman–Crippen LogP) is 2.71. The summed E-state index contributed by atoms with van der Waals surface area (Å²) in [6.45, 7) is 6.76. The van der Waals surface area contributed by atoms with Crippen molar-refractivity contribution in [2.45, 2.75) is 31.7 Å². The van der Waals surface area contributed by atoms with Crippen LogP contribution in [0.25, 0.3) is 0 Å². The molecule has 1 heterocycles. The van der Waals surface area contributed by atoms with Gasteiger partial charge in [-0.1, -0.05) is 18.9 Å². The van der Waals surface area contributed by atoms with Gasteiger partial charge in [0.25, 0.3) is 0 Å². The molecule has 0 bridgehead atoms. The summed E-state index contributed by atoms with van der Waals surface area (Å²) >= 11 is 0. The van der Waals surface area contributed by atoms with Crippen molar-refractivity contribution in [3.8, 4) is 5.75 Å². The molecule has 3 rings (SSSR count). The molecule has 1 aromatic rings. The molecule has 0 spiro atoms. The van der Waals surface area contributed by atoms with Gasteiger partial charge in [0.15, 0.2) is 0 Å². The summed E-state index contributed by atoms with van der Waals surface area (Å²) in [5.74, 6) is 1.18. The minimum absolute atomic E-state index is 0.0478. The maximum absolute atomic E-state index is 13.2. The number of methoxy groups -OCH3 is 1. The van der Waals surface area contributed by atoms with Crippen LogP contribution in [0.15, 0.2) is 36.9 Å². The van der Waals surface area contributed by atoms with Crippen LogP contribution >= 0.6 is 0 Å². The van der Waals surface area contributed by atoms with Crippen molar-refractivity contribution in [1.29, 1.82) is 0 Å². The lowest BCUT2D eigenvalue weighted by Gasteiger charge is -2.40. The highest BCUT2D eigenvalue weighted by atomic mass is 16.5. The molecular weight excluding hydrogens is 368 g/mol. The fourth-order valence-corrected chi connectivity index (χ4v) is 4.32. The number of urea groups is 1. The van der Waals surface area contributed by atoms with Crippen molar-refractivity contribution < 1.29 is 14.3 Å². The number of piperazine rings is 1. The minimum atomic E-state index is -0.155. The summed E-state index contributed by atoms with van der Waals surface area (Å²) in [7, 11) is 1.63. The molecular formula is C22H32N4O3. The number of nitrogens with zero attached hydrogens (tertiary/aromatic N) is 2. The van der Waals surface area contributed by atoms with Crippen LogP contribution in [-0.2, 0) is 4.79 Å². The summed E-state index contributed by atoms with van der Waals surface area (Å²) in [6.07, 6.45) is 6.21. The second kappa shape index (κ2) is 10.3. The molecule has 3 amide bonds. The van der Waals surface area contributed by atoms with Gasteiger partial charge in [-0.15, -0.1) is 6.58 Å². The molecule has 2 N–H and O–H groups in total. The Labute approximate surface area is 173 Å². The third-order valence-electron chi connectivity index (χ3n) is 5.87. The Morgan fingerprint density at radius 1 is 1.17 bits per heavy atom. The lowest BCUT2D eigenvalue weighted by Crippen LogP contribution is -2.58. The number of nitrogens with one attached hydrogen (secondary N) is 2. The first kappa shape index (κ1) is 21.2. The first-order chi connectivity index (χ1) is 14.1. The lowest BCUT2D eigenvalue weighted by atomic mass is 9.95. The van der Waals surface area contributed by atoms with Gasteiger partial charge in [-0.3, -0.25) is 9.69 Å². The van der Waals surface area contributed by atoms with Gasteiger partial charge in [0, 0.05) is 38.4 Å². The van der Waals surface area contributed by atoms with E-state index in [1.54, 1.807) is 13.2 Å². The van der Waals surface area contributed by atoms with E-state index < -0.39 is 0 Å². The number of ether oxygens (including phenoxy) is 1. The molecule has 1 aliphatic carbocycles. The Hall–Kier alpha value is -2.54. The van der Waals surface area contributed by atoms with Crippen LogP contribution in [0.3, 0.4) is 0 Å². The molecule has 2 aliphatic rings. The van der Waals surface area contributed by atoms with Crippen LogP contribution in [0.4, 0.5) is 10.5 Å². The van der Waals surface area contributed by atoms with Crippen molar-refractivity contribution >= 4 is 17.6 Å². The molecule has 1 saturated heterocycles. The van der Waals surface area contributed by atoms with E-state index in [9.17, 15) is 9.59 Å². The first-order valence-corrected chi connectivity index (χ1v) is 10.4. The third-order valence-corrected chi connectivity index (χ3v) is 5.87. The molecule has 2 fully saturated rings. The molecule has 29 heavy (non-hydrogen) atoms. The first-order valence-electron chi connectivity index (χ1n) is 10.4. The SMILES string of the molecule is C=CCNC(=O)N1CCN(C(C(=O)Nc2ccc(OC)cc2)C2CCCC2)CC1. The number of amides is 3. The van der Waals surface area contributed by atoms with E-state index in [4.69, 9.17) is 4.74 Å². The smallest absolute Gasteiger partial charge is 0.317 e. The van der Waals surface area contributed by atoms with Crippen molar-refractivity contribution in [3.63, 3.8) is 0 Å². The number of hydrogen-bond acceptors (Lipinski definition) is 4. The molecule has 7 nitrogen and oxygen atoms in total. The van der Waals surface area contributed by atoms with Gasteiger partial charge < -0.3 is 20.3 Å². The van der Waals surface area contributed by atoms with E-state index in [2.05, 4.69) is 22.1 Å². The molecule has 158 valence electrons. The predicted molar refractivity (Wildman–Crippen MR) is 114 cm³/mol. The van der Waals surface area contributed by atoms with Gasteiger partial charge >= 0.3 is 6.03 Å². The Kier molecular flexibility index (Phi) is 7.52. The number of carbonyl (C=O) groups excluding carboxylic acids is 2. The van der Waals surface area contributed by atoms with Gasteiger partial charge in [0.2, 0.25) is 5.91 Å². The highest BCUT2D eigenvalue weighted by molar-refractivity contribution is 5.95. The van der Waals surface area contributed by atoms with Crippen LogP contribution in [0.5, 0.6) is 5.75 Å². The number of carbonyl (C=O) groups is 2. The topological polar surface area (TPSA) is 73.9 Å². The lowest BCUT2D eigenvalue weighted by molar-refractivity contribution is -0.123. The molecule has 0 aromatic heterocycles. The molecule has 1 saturated carbocycles. The number of hydrogen-bond donors (Lipinski definition) is 2. The molecule has 1 atom stereocenters. The zero-order valence-corrected chi connectivity index (χ0v) is 17.2. The molecule has 1 aromatic carbocycles. The fraction of sp³-hybridized carbons (Fsp3) is 0.545. The van der Waals surface area contributed by atoms with Crippen molar-refractivity contribution in [3.05, 3.63) is 36.9 Å². The number of rotatable bonds is 7. The van der Waals surface area contributed by atoms with E-state index in [1.807, 2.05) is 29.2 Å². The third kappa shape index (κ3) is 5.50. The summed E-state index contributed by atoms with van der Waals surface area (Å²) in [4.78, 5) is 29.5. The molecule has 7 heteroatoms. The van der Waals surface area contributed by atoms with Gasteiger partial charge in [0.1, 0.15) is 5.75 Å². The van der Waals surface area contributed by atoms with Crippen LogP contribution in [0.2, 0.25) is 0 Å². The second-order valence-corrected chi connectivity index (χ2v) is 7.70. The van der Waals surface area contributed by atoms with Crippen LogP contribution in [-0.4, -0.2) is 67.6 Å². The van der Waals surface area contributed by atoms with Gasteiger partial charge in [-0.05, 0) is 43.0 Å². The van der Waals surface area contributed by atoms with Gasteiger partial charge in [0.05, 0.1) is 13.2 Å². The Morgan fingerprint density at radius 3 is 2.41 bits per heavy atom. The zero-order valence-electron chi connectivity index (χ0n) is 17.2. The number of benzene rings is 1. The summed E-state index contributed by atoms with van der Waals surface area (Å²) < 4.78 is 5.19. The number of anilines is 1. The van der Waals surface area contributed by atoms with E-state index in [1.165, 1.54) is 12.8 Å². The Bertz CT molecular complexity index is 693. The largest absolute Gasteiger partial charge is 0.497 e. The summed E-state index contributed by atoms with van der Waals surface area (Å²) in [6, 6.07) is 7.21. The summed E-state index contributed by atoms with van der Waals surface area (Å²) in [5.41, 5.74) is 0.779.